The Hall–Kier alpha value is -2.56. The lowest BCUT2D eigenvalue weighted by Crippen LogP contribution is -2.53. The third kappa shape index (κ3) is 8.18. The number of carbonyl (C=O) groups is 1. The highest BCUT2D eigenvalue weighted by molar-refractivity contribution is 14.0. The fraction of sp³-hybridized carbons (Fsp3) is 0.435. The van der Waals surface area contributed by atoms with Crippen molar-refractivity contribution in [3.8, 4) is 11.6 Å². The van der Waals surface area contributed by atoms with Gasteiger partial charge in [-0.05, 0) is 24.6 Å². The standard InChI is InChI=1S/C23H31N5O3.HI/c1-3-24-23(28-13-11-27(12-14-28)19(2)29)26-18-20-9-10-22(25-17-20)31-16-15-30-21-7-5-4-6-8-21;/h4-10,17H,3,11-16,18H2,1-2H3,(H,24,26);1H. The van der Waals surface area contributed by atoms with Gasteiger partial charge in [0.05, 0.1) is 6.54 Å². The highest BCUT2D eigenvalue weighted by atomic mass is 127. The summed E-state index contributed by atoms with van der Waals surface area (Å²) < 4.78 is 11.3. The summed E-state index contributed by atoms with van der Waals surface area (Å²) in [5, 5.41) is 3.34. The molecule has 0 saturated carbocycles. The van der Waals surface area contributed by atoms with Crippen LogP contribution in [0.15, 0.2) is 53.7 Å². The summed E-state index contributed by atoms with van der Waals surface area (Å²) in [4.78, 5) is 24.7. The van der Waals surface area contributed by atoms with Crippen molar-refractivity contribution in [1.29, 1.82) is 0 Å². The molecule has 2 heterocycles. The normalized spacial score (nSPS) is 13.9. The Morgan fingerprint density at radius 2 is 1.72 bits per heavy atom. The Morgan fingerprint density at radius 3 is 2.34 bits per heavy atom. The molecule has 2 aromatic rings. The Bertz CT molecular complexity index is 840. The number of hydrogen-bond donors (Lipinski definition) is 1. The molecule has 1 aliphatic heterocycles. The van der Waals surface area contributed by atoms with Crippen molar-refractivity contribution in [1.82, 2.24) is 20.1 Å². The molecule has 9 heteroatoms. The fourth-order valence-corrected chi connectivity index (χ4v) is 3.24. The minimum atomic E-state index is 0. The largest absolute Gasteiger partial charge is 0.490 e. The topological polar surface area (TPSA) is 79.3 Å². The minimum absolute atomic E-state index is 0. The first-order valence-corrected chi connectivity index (χ1v) is 10.7. The lowest BCUT2D eigenvalue weighted by atomic mass is 10.3. The number of benzene rings is 1. The molecule has 1 N–H and O–H groups in total. The first-order valence-electron chi connectivity index (χ1n) is 10.7. The summed E-state index contributed by atoms with van der Waals surface area (Å²) in [6.45, 7) is 8.88. The fourth-order valence-electron chi connectivity index (χ4n) is 3.24. The van der Waals surface area contributed by atoms with Gasteiger partial charge in [-0.3, -0.25) is 4.79 Å². The number of carbonyl (C=O) groups excluding carboxylic acids is 1. The van der Waals surface area contributed by atoms with E-state index < -0.39 is 0 Å². The molecule has 3 rings (SSSR count). The molecule has 32 heavy (non-hydrogen) atoms. The molecular weight excluding hydrogens is 521 g/mol. The third-order valence-electron chi connectivity index (χ3n) is 4.91. The average Bonchev–Trinajstić information content (AvgIpc) is 2.81. The minimum Gasteiger partial charge on any atom is -0.490 e. The summed E-state index contributed by atoms with van der Waals surface area (Å²) in [7, 11) is 0. The van der Waals surface area contributed by atoms with Crippen molar-refractivity contribution in [2.24, 2.45) is 4.99 Å². The second-order valence-corrected chi connectivity index (χ2v) is 7.18. The molecule has 0 unspecified atom stereocenters. The average molecular weight is 553 g/mol. The molecule has 1 saturated heterocycles. The predicted octanol–water partition coefficient (Wildman–Crippen LogP) is 2.79. The van der Waals surface area contributed by atoms with Crippen molar-refractivity contribution in [2.75, 3.05) is 45.9 Å². The second-order valence-electron chi connectivity index (χ2n) is 7.18. The van der Waals surface area contributed by atoms with Crippen LogP contribution in [-0.2, 0) is 11.3 Å². The number of pyridine rings is 1. The molecule has 0 aliphatic carbocycles. The highest BCUT2D eigenvalue weighted by Gasteiger charge is 2.20. The van der Waals surface area contributed by atoms with Crippen LogP contribution in [0, 0.1) is 0 Å². The third-order valence-corrected chi connectivity index (χ3v) is 4.91. The number of rotatable bonds is 8. The molecule has 1 aliphatic rings. The number of piperazine rings is 1. The summed E-state index contributed by atoms with van der Waals surface area (Å²) in [5.74, 6) is 2.38. The van der Waals surface area contributed by atoms with Crippen LogP contribution in [0.2, 0.25) is 0 Å². The van der Waals surface area contributed by atoms with Crippen molar-refractivity contribution >= 4 is 35.8 Å². The van der Waals surface area contributed by atoms with Crippen molar-refractivity contribution in [3.05, 3.63) is 54.2 Å². The molecule has 0 atom stereocenters. The number of aliphatic imine (C=N–C) groups is 1. The van der Waals surface area contributed by atoms with E-state index in [0.29, 0.717) is 25.6 Å². The van der Waals surface area contributed by atoms with E-state index in [4.69, 9.17) is 14.5 Å². The van der Waals surface area contributed by atoms with E-state index >= 15 is 0 Å². The van der Waals surface area contributed by atoms with Gasteiger partial charge in [-0.15, -0.1) is 24.0 Å². The van der Waals surface area contributed by atoms with E-state index in [1.807, 2.05) is 47.4 Å². The molecule has 1 aromatic carbocycles. The summed E-state index contributed by atoms with van der Waals surface area (Å²) in [6.07, 6.45) is 1.79. The van der Waals surface area contributed by atoms with Crippen LogP contribution in [0.1, 0.15) is 19.4 Å². The van der Waals surface area contributed by atoms with Gasteiger partial charge < -0.3 is 24.6 Å². The maximum Gasteiger partial charge on any atom is 0.219 e. The second kappa shape index (κ2) is 13.8. The van der Waals surface area contributed by atoms with E-state index in [1.54, 1.807) is 13.1 Å². The summed E-state index contributed by atoms with van der Waals surface area (Å²) in [6, 6.07) is 13.5. The zero-order valence-corrected chi connectivity index (χ0v) is 21.0. The number of nitrogens with zero attached hydrogens (tertiary/aromatic N) is 4. The zero-order chi connectivity index (χ0) is 21.9. The highest BCUT2D eigenvalue weighted by Crippen LogP contribution is 2.11. The van der Waals surface area contributed by atoms with Crippen molar-refractivity contribution in [2.45, 2.75) is 20.4 Å². The van der Waals surface area contributed by atoms with Gasteiger partial charge >= 0.3 is 0 Å². The number of para-hydroxylation sites is 1. The maximum absolute atomic E-state index is 11.5. The zero-order valence-electron chi connectivity index (χ0n) is 18.7. The van der Waals surface area contributed by atoms with E-state index in [-0.39, 0.29) is 29.9 Å². The van der Waals surface area contributed by atoms with Gasteiger partial charge in [-0.1, -0.05) is 24.3 Å². The molecule has 0 radical (unpaired) electrons. The molecule has 1 amide bonds. The number of halogens is 1. The molecule has 1 fully saturated rings. The van der Waals surface area contributed by atoms with Crippen molar-refractivity contribution < 1.29 is 14.3 Å². The van der Waals surface area contributed by atoms with Crippen LogP contribution < -0.4 is 14.8 Å². The van der Waals surface area contributed by atoms with Gasteiger partial charge in [0.25, 0.3) is 0 Å². The van der Waals surface area contributed by atoms with Gasteiger partial charge in [-0.2, -0.15) is 0 Å². The number of nitrogens with one attached hydrogen (secondary N) is 1. The molecule has 1 aromatic heterocycles. The van der Waals surface area contributed by atoms with E-state index in [1.165, 1.54) is 0 Å². The predicted molar refractivity (Wildman–Crippen MR) is 136 cm³/mol. The van der Waals surface area contributed by atoms with Crippen LogP contribution in [0.5, 0.6) is 11.6 Å². The number of hydrogen-bond acceptors (Lipinski definition) is 5. The van der Waals surface area contributed by atoms with Crippen LogP contribution in [-0.4, -0.2) is 72.6 Å². The number of aromatic nitrogens is 1. The number of ether oxygens (including phenoxy) is 2. The first-order chi connectivity index (χ1) is 15.2. The Morgan fingerprint density at radius 1 is 1.03 bits per heavy atom. The van der Waals surface area contributed by atoms with Crippen LogP contribution in [0.25, 0.3) is 0 Å². The Labute approximate surface area is 207 Å². The molecule has 8 nitrogen and oxygen atoms in total. The summed E-state index contributed by atoms with van der Waals surface area (Å²) >= 11 is 0. The monoisotopic (exact) mass is 553 g/mol. The van der Waals surface area contributed by atoms with Gasteiger partial charge in [0.2, 0.25) is 11.8 Å². The molecule has 0 bridgehead atoms. The SMILES string of the molecule is CCNC(=NCc1ccc(OCCOc2ccccc2)nc1)N1CCN(C(C)=O)CC1.I. The molecule has 174 valence electrons. The quantitative estimate of drug-likeness (QED) is 0.235. The van der Waals surface area contributed by atoms with Crippen LogP contribution in [0.3, 0.4) is 0 Å². The summed E-state index contributed by atoms with van der Waals surface area (Å²) in [5.41, 5.74) is 1.01. The van der Waals surface area contributed by atoms with Gasteiger partial charge in [-0.25, -0.2) is 9.98 Å². The molecular formula is C23H32IN5O3. The van der Waals surface area contributed by atoms with Crippen LogP contribution in [0.4, 0.5) is 0 Å². The Balaban J connectivity index is 0.00000363. The first kappa shape index (κ1) is 25.7. The van der Waals surface area contributed by atoms with E-state index in [2.05, 4.69) is 22.1 Å². The number of guanidine groups is 1. The van der Waals surface area contributed by atoms with Gasteiger partial charge in [0, 0.05) is 51.9 Å². The van der Waals surface area contributed by atoms with Crippen molar-refractivity contribution in [3.63, 3.8) is 0 Å². The van der Waals surface area contributed by atoms with E-state index in [0.717, 1.165) is 50.0 Å². The lowest BCUT2D eigenvalue weighted by molar-refractivity contribution is -0.130. The smallest absolute Gasteiger partial charge is 0.219 e. The lowest BCUT2D eigenvalue weighted by Gasteiger charge is -2.36. The Kier molecular flexibility index (Phi) is 11.1. The van der Waals surface area contributed by atoms with Gasteiger partial charge in [0.15, 0.2) is 5.96 Å². The number of amides is 1. The van der Waals surface area contributed by atoms with E-state index in [9.17, 15) is 4.79 Å². The van der Waals surface area contributed by atoms with Crippen LogP contribution >= 0.6 is 24.0 Å². The maximum atomic E-state index is 11.5. The molecule has 0 spiro atoms. The van der Waals surface area contributed by atoms with Gasteiger partial charge in [0.1, 0.15) is 19.0 Å².